The van der Waals surface area contributed by atoms with Gasteiger partial charge in [0.1, 0.15) is 0 Å². The number of carbonyl (C=O) groups excluding carboxylic acids is 1. The number of benzene rings is 1. The molecule has 0 saturated carbocycles. The molecular formula is C15H15Cl2NO2S. The van der Waals surface area contributed by atoms with Crippen LogP contribution in [0.15, 0.2) is 35.7 Å². The fraction of sp³-hybridized carbons (Fsp3) is 0.267. The molecule has 2 aromatic rings. The van der Waals surface area contributed by atoms with Gasteiger partial charge in [-0.3, -0.25) is 4.79 Å². The summed E-state index contributed by atoms with van der Waals surface area (Å²) in [4.78, 5) is 12.6. The summed E-state index contributed by atoms with van der Waals surface area (Å²) in [5.74, 6) is -0.247. The number of rotatable bonds is 6. The number of carbonyl (C=O) groups is 1. The quantitative estimate of drug-likeness (QED) is 0.787. The molecule has 1 heterocycles. The Hall–Kier alpha value is -1.07. The number of ether oxygens (including phenoxy) is 1. The molecule has 3 nitrogen and oxygen atoms in total. The molecule has 0 spiro atoms. The van der Waals surface area contributed by atoms with E-state index in [9.17, 15) is 4.79 Å². The van der Waals surface area contributed by atoms with Crippen LogP contribution >= 0.6 is 34.5 Å². The lowest BCUT2D eigenvalue weighted by molar-refractivity contribution is -0.141. The van der Waals surface area contributed by atoms with Gasteiger partial charge < -0.3 is 10.1 Å². The van der Waals surface area contributed by atoms with Gasteiger partial charge in [-0.1, -0.05) is 35.3 Å². The first-order valence-corrected chi connectivity index (χ1v) is 8.01. The maximum atomic E-state index is 11.5. The van der Waals surface area contributed by atoms with Gasteiger partial charge in [0.05, 0.1) is 19.6 Å². The molecule has 1 atom stereocenters. The molecule has 0 aliphatic heterocycles. The van der Waals surface area contributed by atoms with E-state index in [4.69, 9.17) is 27.9 Å². The van der Waals surface area contributed by atoms with Gasteiger partial charge in [-0.25, -0.2) is 0 Å². The zero-order valence-electron chi connectivity index (χ0n) is 11.4. The van der Waals surface area contributed by atoms with Crippen molar-refractivity contribution in [1.82, 2.24) is 5.32 Å². The first kappa shape index (κ1) is 16.3. The highest BCUT2D eigenvalue weighted by Gasteiger charge is 2.17. The molecule has 0 aliphatic carbocycles. The van der Waals surface area contributed by atoms with E-state index in [1.54, 1.807) is 23.5 Å². The topological polar surface area (TPSA) is 38.3 Å². The number of nitrogens with one attached hydrogen (secondary N) is 1. The first-order valence-electron chi connectivity index (χ1n) is 6.37. The van der Waals surface area contributed by atoms with Gasteiger partial charge in [-0.2, -0.15) is 0 Å². The third-order valence-corrected chi connectivity index (χ3v) is 4.61. The summed E-state index contributed by atoms with van der Waals surface area (Å²) in [6.07, 6.45) is 0.280. The minimum absolute atomic E-state index is 0.0933. The van der Waals surface area contributed by atoms with Crippen LogP contribution in [0, 0.1) is 0 Å². The number of halogens is 2. The Balaban J connectivity index is 2.06. The Morgan fingerprint density at radius 1 is 1.38 bits per heavy atom. The summed E-state index contributed by atoms with van der Waals surface area (Å²) < 4.78 is 4.75. The van der Waals surface area contributed by atoms with Crippen molar-refractivity contribution in [2.24, 2.45) is 0 Å². The van der Waals surface area contributed by atoms with Crippen LogP contribution in [0.1, 0.15) is 22.9 Å². The van der Waals surface area contributed by atoms with E-state index < -0.39 is 0 Å². The van der Waals surface area contributed by atoms with Crippen molar-refractivity contribution in [3.8, 4) is 0 Å². The van der Waals surface area contributed by atoms with Crippen LogP contribution in [0.4, 0.5) is 0 Å². The van der Waals surface area contributed by atoms with Crippen LogP contribution in [0.25, 0.3) is 0 Å². The van der Waals surface area contributed by atoms with E-state index in [1.165, 1.54) is 7.11 Å². The molecule has 0 aliphatic rings. The molecule has 1 aromatic carbocycles. The van der Waals surface area contributed by atoms with E-state index in [0.29, 0.717) is 16.6 Å². The van der Waals surface area contributed by atoms with Gasteiger partial charge in [0.2, 0.25) is 0 Å². The maximum Gasteiger partial charge on any atom is 0.307 e. The van der Waals surface area contributed by atoms with Crippen molar-refractivity contribution < 1.29 is 9.53 Å². The molecule has 0 fully saturated rings. The second-order valence-electron chi connectivity index (χ2n) is 4.46. The largest absolute Gasteiger partial charge is 0.469 e. The second kappa shape index (κ2) is 7.80. The highest BCUT2D eigenvalue weighted by molar-refractivity contribution is 7.10. The third kappa shape index (κ3) is 4.71. The summed E-state index contributed by atoms with van der Waals surface area (Å²) in [7, 11) is 1.39. The first-order chi connectivity index (χ1) is 10.1. The summed E-state index contributed by atoms with van der Waals surface area (Å²) in [5, 5.41) is 6.54. The molecule has 112 valence electrons. The predicted molar refractivity (Wildman–Crippen MR) is 87.0 cm³/mol. The number of esters is 1. The Labute approximate surface area is 137 Å². The Morgan fingerprint density at radius 2 is 2.19 bits per heavy atom. The molecular weight excluding hydrogens is 329 g/mol. The van der Waals surface area contributed by atoms with Crippen molar-refractivity contribution in [1.29, 1.82) is 0 Å². The highest BCUT2D eigenvalue weighted by atomic mass is 35.5. The molecule has 1 aromatic heterocycles. The van der Waals surface area contributed by atoms with Crippen LogP contribution in [-0.4, -0.2) is 13.1 Å². The number of methoxy groups -OCH3 is 1. The normalized spacial score (nSPS) is 12.1. The SMILES string of the molecule is COC(=O)CC(NCc1ccc(Cl)cc1Cl)c1cccs1. The summed E-state index contributed by atoms with van der Waals surface area (Å²) in [5.41, 5.74) is 0.937. The van der Waals surface area contributed by atoms with Crippen LogP contribution in [0.3, 0.4) is 0 Å². The van der Waals surface area contributed by atoms with Gasteiger partial charge in [0, 0.05) is 21.5 Å². The monoisotopic (exact) mass is 343 g/mol. The second-order valence-corrected chi connectivity index (χ2v) is 6.29. The zero-order valence-corrected chi connectivity index (χ0v) is 13.8. The predicted octanol–water partition coefficient (Wildman–Crippen LogP) is 4.45. The summed E-state index contributed by atoms with van der Waals surface area (Å²) in [6, 6.07) is 9.24. The van der Waals surface area contributed by atoms with E-state index >= 15 is 0 Å². The molecule has 1 unspecified atom stereocenters. The molecule has 1 N–H and O–H groups in total. The van der Waals surface area contributed by atoms with E-state index in [2.05, 4.69) is 5.32 Å². The molecule has 0 saturated heterocycles. The maximum absolute atomic E-state index is 11.5. The van der Waals surface area contributed by atoms with Crippen molar-refractivity contribution >= 4 is 40.5 Å². The summed E-state index contributed by atoms with van der Waals surface area (Å²) >= 11 is 13.6. The molecule has 21 heavy (non-hydrogen) atoms. The minimum Gasteiger partial charge on any atom is -0.469 e. The van der Waals surface area contributed by atoms with Gasteiger partial charge >= 0.3 is 5.97 Å². The van der Waals surface area contributed by atoms with Crippen LogP contribution < -0.4 is 5.32 Å². The highest BCUT2D eigenvalue weighted by Crippen LogP contribution is 2.25. The Morgan fingerprint density at radius 3 is 2.81 bits per heavy atom. The average molecular weight is 344 g/mol. The number of hydrogen-bond donors (Lipinski definition) is 1. The van der Waals surface area contributed by atoms with Gasteiger partial charge in [-0.15, -0.1) is 11.3 Å². The van der Waals surface area contributed by atoms with Crippen LogP contribution in [0.2, 0.25) is 10.0 Å². The molecule has 0 amide bonds. The molecule has 0 bridgehead atoms. The van der Waals surface area contributed by atoms with Crippen molar-refractivity contribution in [3.63, 3.8) is 0 Å². The lowest BCUT2D eigenvalue weighted by Crippen LogP contribution is -2.23. The lowest BCUT2D eigenvalue weighted by atomic mass is 10.1. The van der Waals surface area contributed by atoms with Crippen LogP contribution in [0.5, 0.6) is 0 Å². The fourth-order valence-corrected chi connectivity index (χ4v) is 3.19. The lowest BCUT2D eigenvalue weighted by Gasteiger charge is -2.17. The van der Waals surface area contributed by atoms with E-state index in [0.717, 1.165) is 10.4 Å². The molecule has 2 rings (SSSR count). The van der Waals surface area contributed by atoms with Gasteiger partial charge in [0.25, 0.3) is 0 Å². The minimum atomic E-state index is -0.247. The van der Waals surface area contributed by atoms with Gasteiger partial charge in [0.15, 0.2) is 0 Å². The van der Waals surface area contributed by atoms with Crippen LogP contribution in [-0.2, 0) is 16.1 Å². The zero-order chi connectivity index (χ0) is 15.2. The van der Waals surface area contributed by atoms with Gasteiger partial charge in [-0.05, 0) is 29.1 Å². The van der Waals surface area contributed by atoms with E-state index in [1.807, 2.05) is 23.6 Å². The smallest absolute Gasteiger partial charge is 0.307 e. The van der Waals surface area contributed by atoms with E-state index in [-0.39, 0.29) is 18.4 Å². The molecule has 0 radical (unpaired) electrons. The average Bonchev–Trinajstić information content (AvgIpc) is 2.98. The summed E-state index contributed by atoms with van der Waals surface area (Å²) in [6.45, 7) is 0.551. The third-order valence-electron chi connectivity index (χ3n) is 3.04. The van der Waals surface area contributed by atoms with Crippen molar-refractivity contribution in [2.45, 2.75) is 19.0 Å². The fourth-order valence-electron chi connectivity index (χ4n) is 1.91. The van der Waals surface area contributed by atoms with Crippen molar-refractivity contribution in [3.05, 3.63) is 56.2 Å². The standard InChI is InChI=1S/C15H15Cl2NO2S/c1-20-15(19)8-13(14-3-2-6-21-14)18-9-10-4-5-11(16)7-12(10)17/h2-7,13,18H,8-9H2,1H3. The number of hydrogen-bond acceptors (Lipinski definition) is 4. The Kier molecular flexibility index (Phi) is 6.06. The number of thiophene rings is 1. The van der Waals surface area contributed by atoms with Crippen molar-refractivity contribution in [2.75, 3.05) is 7.11 Å². The molecule has 6 heteroatoms. The Bertz CT molecular complexity index is 602.